The van der Waals surface area contributed by atoms with Gasteiger partial charge in [-0.05, 0) is 88.4 Å². The summed E-state index contributed by atoms with van der Waals surface area (Å²) in [4.78, 5) is 0. The van der Waals surface area contributed by atoms with Gasteiger partial charge in [0.25, 0.3) is 0 Å². The number of rotatable bonds is 2. The molecule has 0 heterocycles. The van der Waals surface area contributed by atoms with Crippen molar-refractivity contribution in [2.45, 2.75) is 59.3 Å². The van der Waals surface area contributed by atoms with Crippen LogP contribution in [0.1, 0.15) is 63.6 Å². The average molecular weight is 477 g/mol. The fourth-order valence-electron chi connectivity index (χ4n) is 7.99. The van der Waals surface area contributed by atoms with E-state index in [2.05, 4.69) is 101 Å². The Bertz CT molecular complexity index is 1490. The van der Waals surface area contributed by atoms with E-state index in [-0.39, 0.29) is 16.2 Å². The van der Waals surface area contributed by atoms with Gasteiger partial charge in [0.2, 0.25) is 0 Å². The lowest BCUT2D eigenvalue weighted by molar-refractivity contribution is 0.0645. The van der Waals surface area contributed by atoms with Gasteiger partial charge in [0, 0.05) is 16.4 Å². The van der Waals surface area contributed by atoms with Crippen molar-refractivity contribution in [2.24, 2.45) is 10.8 Å². The zero-order chi connectivity index (χ0) is 25.5. The van der Waals surface area contributed by atoms with E-state index < -0.39 is 0 Å². The molecule has 36 heavy (non-hydrogen) atoms. The van der Waals surface area contributed by atoms with Gasteiger partial charge >= 0.3 is 0 Å². The van der Waals surface area contributed by atoms with Crippen LogP contribution in [0.2, 0.25) is 0 Å². The van der Waals surface area contributed by atoms with Gasteiger partial charge in [0.15, 0.2) is 0 Å². The molecule has 0 bridgehead atoms. The fourth-order valence-corrected chi connectivity index (χ4v) is 7.99. The average Bonchev–Trinajstić information content (AvgIpc) is 3.05. The summed E-state index contributed by atoms with van der Waals surface area (Å²) in [5.74, 6) is 1.19. The van der Waals surface area contributed by atoms with E-state index in [4.69, 9.17) is 4.74 Å². The van der Waals surface area contributed by atoms with Crippen molar-refractivity contribution < 1.29 is 9.84 Å². The number of aryl methyl sites for hydroxylation is 1. The summed E-state index contributed by atoms with van der Waals surface area (Å²) in [6.07, 6.45) is 3.36. The Balaban J connectivity index is 1.68. The highest BCUT2D eigenvalue weighted by Gasteiger charge is 2.53. The molecular weight excluding hydrogens is 440 g/mol. The summed E-state index contributed by atoms with van der Waals surface area (Å²) in [6, 6.07) is 23.8. The molecule has 184 valence electrons. The molecule has 0 amide bonds. The summed E-state index contributed by atoms with van der Waals surface area (Å²) in [5.41, 5.74) is 8.87. The molecule has 2 aliphatic carbocycles. The van der Waals surface area contributed by atoms with Crippen LogP contribution in [-0.4, -0.2) is 12.2 Å². The molecule has 0 atom stereocenters. The standard InChI is InChI=1S/C34H36O2/c1-21-11-13-22(14-12-21)24-15-25-26(16-30(24)36-6)31-23-9-7-8-10-27(23)34(28(31)17-29(25)35)19-32(2,3)18-33(4,5)20-34/h7-17,35H,18-20H2,1-6H3. The van der Waals surface area contributed by atoms with Crippen LogP contribution in [0, 0.1) is 17.8 Å². The first-order valence-corrected chi connectivity index (χ1v) is 13.1. The summed E-state index contributed by atoms with van der Waals surface area (Å²) >= 11 is 0. The number of hydrogen-bond donors (Lipinski definition) is 1. The maximum absolute atomic E-state index is 11.5. The van der Waals surface area contributed by atoms with Crippen LogP contribution >= 0.6 is 0 Å². The van der Waals surface area contributed by atoms with Crippen LogP contribution in [0.15, 0.2) is 66.7 Å². The summed E-state index contributed by atoms with van der Waals surface area (Å²) in [6.45, 7) is 11.7. The third kappa shape index (κ3) is 3.38. The molecule has 1 N–H and O–H groups in total. The molecule has 1 spiro atoms. The lowest BCUT2D eigenvalue weighted by atomic mass is 9.52. The highest BCUT2D eigenvalue weighted by molar-refractivity contribution is 6.07. The minimum absolute atomic E-state index is 0.105. The molecule has 0 aliphatic heterocycles. The molecule has 1 fully saturated rings. The van der Waals surface area contributed by atoms with E-state index >= 15 is 0 Å². The van der Waals surface area contributed by atoms with Gasteiger partial charge in [-0.2, -0.15) is 0 Å². The van der Waals surface area contributed by atoms with Crippen LogP contribution in [0.5, 0.6) is 11.5 Å². The van der Waals surface area contributed by atoms with Gasteiger partial charge < -0.3 is 9.84 Å². The minimum atomic E-state index is -0.105. The quantitative estimate of drug-likeness (QED) is 0.313. The van der Waals surface area contributed by atoms with Crippen LogP contribution in [0.25, 0.3) is 33.0 Å². The Morgan fingerprint density at radius 1 is 0.722 bits per heavy atom. The number of ether oxygens (including phenoxy) is 1. The Labute approximate surface area is 215 Å². The second kappa shape index (κ2) is 7.62. The van der Waals surface area contributed by atoms with E-state index in [0.29, 0.717) is 5.75 Å². The van der Waals surface area contributed by atoms with Gasteiger partial charge in [-0.15, -0.1) is 0 Å². The number of benzene rings is 4. The van der Waals surface area contributed by atoms with Crippen molar-refractivity contribution in [2.75, 3.05) is 7.11 Å². The fraction of sp³-hybridized carbons (Fsp3) is 0.353. The molecule has 1 saturated carbocycles. The highest BCUT2D eigenvalue weighted by Crippen LogP contribution is 2.65. The van der Waals surface area contributed by atoms with Crippen LogP contribution in [0.4, 0.5) is 0 Å². The Morgan fingerprint density at radius 2 is 1.39 bits per heavy atom. The molecule has 0 saturated heterocycles. The van der Waals surface area contributed by atoms with Crippen molar-refractivity contribution in [3.05, 3.63) is 83.4 Å². The maximum atomic E-state index is 11.5. The zero-order valence-corrected chi connectivity index (χ0v) is 22.3. The number of phenolic OH excluding ortho intramolecular Hbond substituents is 1. The summed E-state index contributed by atoms with van der Waals surface area (Å²) < 4.78 is 5.95. The van der Waals surface area contributed by atoms with E-state index in [0.717, 1.165) is 40.5 Å². The van der Waals surface area contributed by atoms with Gasteiger partial charge in [0.1, 0.15) is 11.5 Å². The first kappa shape index (κ1) is 23.2. The first-order valence-electron chi connectivity index (χ1n) is 13.1. The van der Waals surface area contributed by atoms with Crippen LogP contribution in [0.3, 0.4) is 0 Å². The van der Waals surface area contributed by atoms with Gasteiger partial charge in [-0.1, -0.05) is 81.8 Å². The highest BCUT2D eigenvalue weighted by atomic mass is 16.5. The predicted molar refractivity (Wildman–Crippen MR) is 150 cm³/mol. The number of aromatic hydroxyl groups is 1. The summed E-state index contributed by atoms with van der Waals surface area (Å²) in [7, 11) is 1.74. The van der Waals surface area contributed by atoms with Crippen molar-refractivity contribution in [1.29, 1.82) is 0 Å². The van der Waals surface area contributed by atoms with Gasteiger partial charge in [-0.3, -0.25) is 0 Å². The van der Waals surface area contributed by atoms with E-state index in [1.54, 1.807) is 7.11 Å². The topological polar surface area (TPSA) is 29.5 Å². The summed E-state index contributed by atoms with van der Waals surface area (Å²) in [5, 5.41) is 13.5. The second-order valence-corrected chi connectivity index (χ2v) is 12.8. The lowest BCUT2D eigenvalue weighted by Gasteiger charge is -2.51. The van der Waals surface area contributed by atoms with E-state index in [1.807, 2.05) is 0 Å². The molecular formula is C34H36O2. The predicted octanol–water partition coefficient (Wildman–Crippen LogP) is 9.03. The molecule has 0 radical (unpaired) electrons. The van der Waals surface area contributed by atoms with E-state index in [1.165, 1.54) is 34.2 Å². The Morgan fingerprint density at radius 3 is 2.06 bits per heavy atom. The van der Waals surface area contributed by atoms with Crippen molar-refractivity contribution in [3.63, 3.8) is 0 Å². The van der Waals surface area contributed by atoms with Crippen LogP contribution < -0.4 is 4.74 Å². The van der Waals surface area contributed by atoms with Crippen molar-refractivity contribution >= 4 is 10.8 Å². The molecule has 0 aromatic heterocycles. The molecule has 0 unspecified atom stereocenters. The lowest BCUT2D eigenvalue weighted by Crippen LogP contribution is -2.43. The van der Waals surface area contributed by atoms with E-state index in [9.17, 15) is 5.11 Å². The van der Waals surface area contributed by atoms with Crippen LogP contribution in [-0.2, 0) is 5.41 Å². The molecule has 2 aliphatic rings. The first-order chi connectivity index (χ1) is 17.0. The Kier molecular flexibility index (Phi) is 4.90. The maximum Gasteiger partial charge on any atom is 0.127 e. The minimum Gasteiger partial charge on any atom is -0.507 e. The number of methoxy groups -OCH3 is 1. The number of fused-ring (bicyclic) bond motifs is 7. The molecule has 2 heteroatoms. The molecule has 2 nitrogen and oxygen atoms in total. The zero-order valence-electron chi connectivity index (χ0n) is 22.3. The van der Waals surface area contributed by atoms with Crippen molar-refractivity contribution in [3.8, 4) is 33.8 Å². The van der Waals surface area contributed by atoms with Gasteiger partial charge in [-0.25, -0.2) is 0 Å². The largest absolute Gasteiger partial charge is 0.507 e. The molecule has 4 aromatic rings. The second-order valence-electron chi connectivity index (χ2n) is 12.8. The van der Waals surface area contributed by atoms with Gasteiger partial charge in [0.05, 0.1) is 7.11 Å². The monoisotopic (exact) mass is 476 g/mol. The Hall–Kier alpha value is -3.26. The smallest absolute Gasteiger partial charge is 0.127 e. The normalized spacial score (nSPS) is 18.7. The molecule has 6 rings (SSSR count). The third-order valence-electron chi connectivity index (χ3n) is 8.54. The van der Waals surface area contributed by atoms with Crippen molar-refractivity contribution in [1.82, 2.24) is 0 Å². The third-order valence-corrected chi connectivity index (χ3v) is 8.54. The number of hydrogen-bond acceptors (Lipinski definition) is 2. The molecule has 4 aromatic carbocycles. The SMILES string of the molecule is COc1cc2c3c(cc(O)c2cc1-c1ccc(C)cc1)C1(CC(C)(C)CC(C)(C)C1)c1ccccc1-3. The number of phenols is 1.